The van der Waals surface area contributed by atoms with E-state index < -0.39 is 6.04 Å². The van der Waals surface area contributed by atoms with E-state index in [4.69, 9.17) is 16.9 Å². The van der Waals surface area contributed by atoms with Gasteiger partial charge in [-0.2, -0.15) is 5.26 Å². The molecule has 1 aromatic rings. The Hall–Kier alpha value is -2.06. The highest BCUT2D eigenvalue weighted by Crippen LogP contribution is 2.60. The van der Waals surface area contributed by atoms with Crippen LogP contribution in [0.25, 0.3) is 0 Å². The van der Waals surface area contributed by atoms with Crippen molar-refractivity contribution in [3.8, 4) is 6.07 Å². The van der Waals surface area contributed by atoms with Gasteiger partial charge >= 0.3 is 0 Å². The Bertz CT molecular complexity index is 838. The van der Waals surface area contributed by atoms with Gasteiger partial charge in [0.25, 0.3) is 0 Å². The Labute approximate surface area is 177 Å². The summed E-state index contributed by atoms with van der Waals surface area (Å²) >= 11 is 5.97. The van der Waals surface area contributed by atoms with E-state index in [9.17, 15) is 9.59 Å². The first kappa shape index (κ1) is 20.2. The fourth-order valence-corrected chi connectivity index (χ4v) is 6.29. The zero-order valence-electron chi connectivity index (χ0n) is 17.0. The molecule has 154 valence electrons. The Kier molecular flexibility index (Phi) is 5.33. The predicted molar refractivity (Wildman–Crippen MR) is 112 cm³/mol. The third-order valence-corrected chi connectivity index (χ3v) is 7.44. The van der Waals surface area contributed by atoms with Gasteiger partial charge in [0.15, 0.2) is 0 Å². The smallest absolute Gasteiger partial charge is 0.247 e. The van der Waals surface area contributed by atoms with E-state index in [2.05, 4.69) is 10.6 Å². The number of anilines is 1. The van der Waals surface area contributed by atoms with Crippen LogP contribution in [-0.4, -0.2) is 17.9 Å². The summed E-state index contributed by atoms with van der Waals surface area (Å²) in [6, 6.07) is 6.21. The molecule has 0 aliphatic heterocycles. The standard InChI is InChI=1S/C23H28ClN3O2/c1-13(2)20(21(28)26-18-3-4-19(24)17(8-18)12-25)27-22(29)23-9-14-5-15(10-23)7-16(6-14)11-23/h3-4,8,13-16,20H,5-7,9-11H2,1-2H3,(H,26,28)(H,27,29)/t14?,15?,16?,20-,23?/m1/s1. The molecule has 1 atom stereocenters. The van der Waals surface area contributed by atoms with Crippen LogP contribution in [0, 0.1) is 40.4 Å². The SMILES string of the molecule is CC(C)[C@@H](NC(=O)C12CC3CC(CC(C3)C1)C2)C(=O)Nc1ccc(Cl)c(C#N)c1. The molecule has 5 nitrogen and oxygen atoms in total. The molecule has 0 unspecified atom stereocenters. The molecule has 6 heteroatoms. The van der Waals surface area contributed by atoms with Crippen molar-refractivity contribution in [1.82, 2.24) is 5.32 Å². The lowest BCUT2D eigenvalue weighted by Crippen LogP contribution is -2.57. The second-order valence-electron chi connectivity index (χ2n) is 9.69. The molecule has 0 aromatic heterocycles. The number of nitrogens with zero attached hydrogens (tertiary/aromatic N) is 1. The van der Waals surface area contributed by atoms with E-state index in [0.29, 0.717) is 34.0 Å². The molecule has 4 aliphatic rings. The third kappa shape index (κ3) is 3.88. The van der Waals surface area contributed by atoms with Crippen LogP contribution in [0.2, 0.25) is 5.02 Å². The normalized spacial score (nSPS) is 30.7. The molecular weight excluding hydrogens is 386 g/mol. The largest absolute Gasteiger partial charge is 0.344 e. The van der Waals surface area contributed by atoms with Crippen LogP contribution >= 0.6 is 11.6 Å². The lowest BCUT2D eigenvalue weighted by atomic mass is 9.49. The lowest BCUT2D eigenvalue weighted by Gasteiger charge is -2.55. The highest BCUT2D eigenvalue weighted by Gasteiger charge is 2.55. The molecule has 2 N–H and O–H groups in total. The fourth-order valence-electron chi connectivity index (χ4n) is 6.13. The van der Waals surface area contributed by atoms with Crippen LogP contribution in [0.3, 0.4) is 0 Å². The summed E-state index contributed by atoms with van der Waals surface area (Å²) in [5.74, 6) is 1.78. The van der Waals surface area contributed by atoms with Gasteiger partial charge in [0.1, 0.15) is 12.1 Å². The van der Waals surface area contributed by atoms with E-state index in [0.717, 1.165) is 19.3 Å². The van der Waals surface area contributed by atoms with Crippen molar-refractivity contribution in [2.24, 2.45) is 29.1 Å². The maximum Gasteiger partial charge on any atom is 0.247 e. The summed E-state index contributed by atoms with van der Waals surface area (Å²) in [4.78, 5) is 26.3. The van der Waals surface area contributed by atoms with Gasteiger partial charge in [-0.05, 0) is 80.4 Å². The summed E-state index contributed by atoms with van der Waals surface area (Å²) in [6.07, 6.45) is 6.75. The van der Waals surface area contributed by atoms with Crippen molar-refractivity contribution >= 4 is 29.1 Å². The number of rotatable bonds is 5. The van der Waals surface area contributed by atoms with Gasteiger partial charge < -0.3 is 10.6 Å². The number of benzene rings is 1. The van der Waals surface area contributed by atoms with E-state index in [1.165, 1.54) is 19.3 Å². The van der Waals surface area contributed by atoms with Gasteiger partial charge in [0.2, 0.25) is 11.8 Å². The van der Waals surface area contributed by atoms with Crippen molar-refractivity contribution in [1.29, 1.82) is 5.26 Å². The molecular formula is C23H28ClN3O2. The monoisotopic (exact) mass is 413 g/mol. The van der Waals surface area contributed by atoms with E-state index in [1.54, 1.807) is 18.2 Å². The maximum absolute atomic E-state index is 13.4. The van der Waals surface area contributed by atoms with Gasteiger partial charge in [-0.15, -0.1) is 0 Å². The van der Waals surface area contributed by atoms with Gasteiger partial charge in [0, 0.05) is 11.1 Å². The molecule has 2 amide bonds. The molecule has 4 bridgehead atoms. The summed E-state index contributed by atoms with van der Waals surface area (Å²) in [7, 11) is 0. The molecule has 4 fully saturated rings. The number of hydrogen-bond acceptors (Lipinski definition) is 3. The zero-order chi connectivity index (χ0) is 20.8. The number of halogens is 1. The number of hydrogen-bond donors (Lipinski definition) is 2. The van der Waals surface area contributed by atoms with Crippen molar-refractivity contribution in [3.63, 3.8) is 0 Å². The van der Waals surface area contributed by atoms with Crippen LogP contribution in [0.4, 0.5) is 5.69 Å². The molecule has 1 aromatic carbocycles. The minimum absolute atomic E-state index is 0.0457. The van der Waals surface area contributed by atoms with E-state index in [-0.39, 0.29) is 23.1 Å². The third-order valence-electron chi connectivity index (χ3n) is 7.11. The van der Waals surface area contributed by atoms with Crippen LogP contribution in [0.5, 0.6) is 0 Å². The van der Waals surface area contributed by atoms with Crippen LogP contribution < -0.4 is 10.6 Å². The van der Waals surface area contributed by atoms with Crippen LogP contribution in [-0.2, 0) is 9.59 Å². The van der Waals surface area contributed by atoms with Crippen molar-refractivity contribution in [2.75, 3.05) is 5.32 Å². The topological polar surface area (TPSA) is 82.0 Å². The first-order valence-corrected chi connectivity index (χ1v) is 11.0. The fraction of sp³-hybridized carbons (Fsp3) is 0.609. The number of nitrogens with one attached hydrogen (secondary N) is 2. The molecule has 5 rings (SSSR count). The minimum atomic E-state index is -0.614. The maximum atomic E-state index is 13.4. The van der Waals surface area contributed by atoms with Crippen LogP contribution in [0.1, 0.15) is 57.9 Å². The highest BCUT2D eigenvalue weighted by atomic mass is 35.5. The van der Waals surface area contributed by atoms with Gasteiger partial charge in [-0.3, -0.25) is 9.59 Å². The zero-order valence-corrected chi connectivity index (χ0v) is 17.8. The Morgan fingerprint density at radius 1 is 1.14 bits per heavy atom. The highest BCUT2D eigenvalue weighted by molar-refractivity contribution is 6.31. The molecule has 0 radical (unpaired) electrons. The molecule has 0 spiro atoms. The summed E-state index contributed by atoms with van der Waals surface area (Å²) < 4.78 is 0. The minimum Gasteiger partial charge on any atom is -0.344 e. The first-order chi connectivity index (χ1) is 13.8. The molecule has 29 heavy (non-hydrogen) atoms. The molecule has 0 saturated heterocycles. The number of carbonyl (C=O) groups is 2. The second kappa shape index (κ2) is 7.65. The van der Waals surface area contributed by atoms with Gasteiger partial charge in [-0.25, -0.2) is 0 Å². The number of amides is 2. The Morgan fingerprint density at radius 3 is 2.24 bits per heavy atom. The van der Waals surface area contributed by atoms with Crippen molar-refractivity contribution < 1.29 is 9.59 Å². The lowest BCUT2D eigenvalue weighted by molar-refractivity contribution is -0.148. The van der Waals surface area contributed by atoms with E-state index >= 15 is 0 Å². The Balaban J connectivity index is 1.47. The summed E-state index contributed by atoms with van der Waals surface area (Å²) in [5, 5.41) is 15.4. The van der Waals surface area contributed by atoms with Gasteiger partial charge in [0.05, 0.1) is 10.6 Å². The molecule has 4 saturated carbocycles. The average Bonchev–Trinajstić information content (AvgIpc) is 2.65. The summed E-state index contributed by atoms with van der Waals surface area (Å²) in [5.41, 5.74) is 0.532. The quantitative estimate of drug-likeness (QED) is 0.745. The van der Waals surface area contributed by atoms with Gasteiger partial charge in [-0.1, -0.05) is 25.4 Å². The number of nitriles is 1. The van der Waals surface area contributed by atoms with Crippen molar-refractivity contribution in [2.45, 2.75) is 58.4 Å². The average molecular weight is 414 g/mol. The predicted octanol–water partition coefficient (Wildman–Crippen LogP) is 4.51. The van der Waals surface area contributed by atoms with E-state index in [1.807, 2.05) is 19.9 Å². The van der Waals surface area contributed by atoms with Crippen molar-refractivity contribution in [3.05, 3.63) is 28.8 Å². The second-order valence-corrected chi connectivity index (χ2v) is 10.1. The van der Waals surface area contributed by atoms with Crippen LogP contribution in [0.15, 0.2) is 18.2 Å². The molecule has 4 aliphatic carbocycles. The molecule has 0 heterocycles. The summed E-state index contributed by atoms with van der Waals surface area (Å²) in [6.45, 7) is 3.87. The first-order valence-electron chi connectivity index (χ1n) is 10.6. The Morgan fingerprint density at radius 2 is 1.72 bits per heavy atom. The number of carbonyl (C=O) groups excluding carboxylic acids is 2.